The molecule has 14 heteroatoms. The number of hydrogen-bond donors (Lipinski definition) is 6. The van der Waals surface area contributed by atoms with Crippen molar-refractivity contribution in [1.82, 2.24) is 10.6 Å². The molecule has 0 bridgehead atoms. The van der Waals surface area contributed by atoms with Crippen LogP contribution < -0.4 is 22.1 Å². The fourth-order valence-electron chi connectivity index (χ4n) is 3.56. The summed E-state index contributed by atoms with van der Waals surface area (Å²) in [4.78, 5) is 50.2. The highest BCUT2D eigenvalue weighted by atomic mass is 33.1. The maximum atomic E-state index is 12.7. The van der Waals surface area contributed by atoms with Crippen molar-refractivity contribution in [2.45, 2.75) is 50.9 Å². The van der Waals surface area contributed by atoms with Crippen molar-refractivity contribution in [3.63, 3.8) is 0 Å². The van der Waals surface area contributed by atoms with Crippen LogP contribution in [0.5, 0.6) is 11.5 Å². The zero-order chi connectivity index (χ0) is 31.1. The molecule has 0 unspecified atom stereocenters. The number of nitrogens with two attached hydrogens (primary N) is 2. The van der Waals surface area contributed by atoms with E-state index in [-0.39, 0.29) is 49.1 Å². The average molecular weight is 623 g/mol. The Morgan fingerprint density at radius 2 is 1.02 bits per heavy atom. The summed E-state index contributed by atoms with van der Waals surface area (Å²) in [6.45, 7) is 3.61. The fraction of sp³-hybridized carbons (Fsp3) is 0.429. The van der Waals surface area contributed by atoms with Crippen molar-refractivity contribution in [3.05, 3.63) is 59.7 Å². The lowest BCUT2D eigenvalue weighted by Crippen LogP contribution is -2.51. The Labute approximate surface area is 252 Å². The number of nitrogens with one attached hydrogen (secondary N) is 2. The molecular formula is C28H38N4O8S2. The van der Waals surface area contributed by atoms with E-state index in [4.69, 9.17) is 20.9 Å². The molecule has 42 heavy (non-hydrogen) atoms. The van der Waals surface area contributed by atoms with Crippen LogP contribution in [0.4, 0.5) is 0 Å². The minimum Gasteiger partial charge on any atom is -0.508 e. The van der Waals surface area contributed by atoms with Gasteiger partial charge in [-0.15, -0.1) is 0 Å². The number of ether oxygens (including phenoxy) is 2. The molecule has 4 atom stereocenters. The molecule has 0 radical (unpaired) electrons. The third kappa shape index (κ3) is 12.2. The molecule has 0 fully saturated rings. The SMILES string of the molecule is CCOC(=O)[C@H](Cc1ccc(O)cc1)NC(=O)[C@@H](N)CSSC[C@@H](N)C(=O)N[C@H](Cc1ccc(O)cc1)C(=O)OCC. The predicted molar refractivity (Wildman–Crippen MR) is 162 cm³/mol. The monoisotopic (exact) mass is 622 g/mol. The molecule has 0 spiro atoms. The lowest BCUT2D eigenvalue weighted by molar-refractivity contribution is -0.147. The first kappa shape index (κ1) is 34.7. The van der Waals surface area contributed by atoms with Crippen LogP contribution in [0.2, 0.25) is 0 Å². The fourth-order valence-corrected chi connectivity index (χ4v) is 5.80. The number of benzene rings is 2. The Balaban J connectivity index is 1.84. The summed E-state index contributed by atoms with van der Waals surface area (Å²) in [5, 5.41) is 24.2. The Hall–Kier alpha value is -3.46. The summed E-state index contributed by atoms with van der Waals surface area (Å²) in [5.74, 6) is -1.79. The number of phenolic OH excluding ortho intramolecular Hbond substituents is 2. The van der Waals surface area contributed by atoms with Gasteiger partial charge in [-0.2, -0.15) is 0 Å². The molecule has 0 aliphatic rings. The molecule has 2 aromatic rings. The first-order chi connectivity index (χ1) is 20.0. The molecule has 2 rings (SSSR count). The molecule has 8 N–H and O–H groups in total. The van der Waals surface area contributed by atoms with Gasteiger partial charge in [0.15, 0.2) is 0 Å². The summed E-state index contributed by atoms with van der Waals surface area (Å²) >= 11 is 0. The maximum Gasteiger partial charge on any atom is 0.328 e. The van der Waals surface area contributed by atoms with E-state index in [0.29, 0.717) is 11.1 Å². The highest BCUT2D eigenvalue weighted by Crippen LogP contribution is 2.22. The predicted octanol–water partition coefficient (Wildman–Crippen LogP) is 1.01. The molecule has 2 aromatic carbocycles. The molecule has 0 aromatic heterocycles. The van der Waals surface area contributed by atoms with Gasteiger partial charge in [-0.25, -0.2) is 9.59 Å². The van der Waals surface area contributed by atoms with Gasteiger partial charge in [0, 0.05) is 24.3 Å². The molecule has 0 saturated carbocycles. The van der Waals surface area contributed by atoms with Gasteiger partial charge < -0.3 is 41.8 Å². The number of esters is 2. The summed E-state index contributed by atoms with van der Waals surface area (Å²) in [5.41, 5.74) is 13.5. The number of amides is 2. The van der Waals surface area contributed by atoms with Crippen LogP contribution in [0, 0.1) is 0 Å². The standard InChI is InChI=1S/C28H38N4O8S2/c1-3-39-27(37)23(13-17-5-9-19(33)10-6-17)31-25(35)21(29)15-41-42-16-22(30)26(36)32-24(28(38)40-4-2)14-18-7-11-20(34)12-8-18/h5-12,21-24,33-34H,3-4,13-16,29-30H2,1-2H3,(H,31,35)(H,32,36)/t21-,22+,23-,24+. The van der Waals surface area contributed by atoms with Gasteiger partial charge in [0.05, 0.1) is 25.3 Å². The van der Waals surface area contributed by atoms with Crippen molar-refractivity contribution in [2.24, 2.45) is 11.5 Å². The van der Waals surface area contributed by atoms with Crippen LogP contribution in [-0.4, -0.2) is 82.9 Å². The topological polar surface area (TPSA) is 203 Å². The largest absolute Gasteiger partial charge is 0.508 e. The second kappa shape index (κ2) is 18.2. The van der Waals surface area contributed by atoms with Gasteiger partial charge in [-0.05, 0) is 49.2 Å². The number of phenols is 2. The molecule has 0 aliphatic heterocycles. The van der Waals surface area contributed by atoms with E-state index in [2.05, 4.69) is 10.6 Å². The summed E-state index contributed by atoms with van der Waals surface area (Å²) in [6, 6.07) is 8.66. The highest BCUT2D eigenvalue weighted by molar-refractivity contribution is 8.76. The molecule has 0 heterocycles. The Morgan fingerprint density at radius 1 is 0.690 bits per heavy atom. The van der Waals surface area contributed by atoms with Crippen LogP contribution in [-0.2, 0) is 41.5 Å². The van der Waals surface area contributed by atoms with Gasteiger partial charge in [0.1, 0.15) is 23.6 Å². The van der Waals surface area contributed by atoms with Gasteiger partial charge in [0.25, 0.3) is 0 Å². The van der Waals surface area contributed by atoms with Gasteiger partial charge >= 0.3 is 11.9 Å². The number of carbonyl (C=O) groups is 4. The number of aromatic hydroxyl groups is 2. The summed E-state index contributed by atoms with van der Waals surface area (Å²) < 4.78 is 10.2. The van der Waals surface area contributed by atoms with Crippen LogP contribution >= 0.6 is 21.6 Å². The van der Waals surface area contributed by atoms with Crippen molar-refractivity contribution >= 4 is 45.3 Å². The normalized spacial score (nSPS) is 13.7. The van der Waals surface area contributed by atoms with Crippen LogP contribution in [0.1, 0.15) is 25.0 Å². The average Bonchev–Trinajstić information content (AvgIpc) is 2.96. The molecule has 0 aliphatic carbocycles. The van der Waals surface area contributed by atoms with E-state index in [1.807, 2.05) is 0 Å². The zero-order valence-corrected chi connectivity index (χ0v) is 25.1. The smallest absolute Gasteiger partial charge is 0.328 e. The number of rotatable bonds is 17. The Kier molecular flexibility index (Phi) is 15.0. The van der Waals surface area contributed by atoms with E-state index in [9.17, 15) is 29.4 Å². The van der Waals surface area contributed by atoms with Crippen molar-refractivity contribution < 1.29 is 38.9 Å². The minimum absolute atomic E-state index is 0.0807. The maximum absolute atomic E-state index is 12.7. The number of hydrogen-bond acceptors (Lipinski definition) is 12. The number of carbonyl (C=O) groups excluding carboxylic acids is 4. The third-order valence-corrected chi connectivity index (χ3v) is 8.25. The van der Waals surface area contributed by atoms with Crippen molar-refractivity contribution in [1.29, 1.82) is 0 Å². The lowest BCUT2D eigenvalue weighted by Gasteiger charge is -2.20. The lowest BCUT2D eigenvalue weighted by atomic mass is 10.1. The Bertz CT molecular complexity index is 1080. The van der Waals surface area contributed by atoms with Crippen LogP contribution in [0.15, 0.2) is 48.5 Å². The van der Waals surface area contributed by atoms with Crippen molar-refractivity contribution in [2.75, 3.05) is 24.7 Å². The summed E-state index contributed by atoms with van der Waals surface area (Å²) in [6.07, 6.45) is 0.311. The second-order valence-electron chi connectivity index (χ2n) is 9.15. The van der Waals surface area contributed by atoms with E-state index < -0.39 is 47.9 Å². The highest BCUT2D eigenvalue weighted by Gasteiger charge is 2.27. The van der Waals surface area contributed by atoms with Gasteiger partial charge in [-0.1, -0.05) is 45.9 Å². The van der Waals surface area contributed by atoms with E-state index >= 15 is 0 Å². The molecule has 0 saturated heterocycles. The van der Waals surface area contributed by atoms with Crippen LogP contribution in [0.25, 0.3) is 0 Å². The first-order valence-electron chi connectivity index (χ1n) is 13.3. The Morgan fingerprint density at radius 3 is 1.33 bits per heavy atom. The molecular weight excluding hydrogens is 584 g/mol. The van der Waals surface area contributed by atoms with Gasteiger partial charge in [-0.3, -0.25) is 9.59 Å². The van der Waals surface area contributed by atoms with Crippen LogP contribution in [0.3, 0.4) is 0 Å². The quantitative estimate of drug-likeness (QED) is 0.0832. The third-order valence-electron chi connectivity index (χ3n) is 5.78. The summed E-state index contributed by atoms with van der Waals surface area (Å²) in [7, 11) is 2.47. The zero-order valence-electron chi connectivity index (χ0n) is 23.5. The second-order valence-corrected chi connectivity index (χ2v) is 11.7. The molecule has 230 valence electrons. The molecule has 2 amide bonds. The first-order valence-corrected chi connectivity index (χ1v) is 15.8. The van der Waals surface area contributed by atoms with E-state index in [0.717, 1.165) is 0 Å². The van der Waals surface area contributed by atoms with Gasteiger partial charge in [0.2, 0.25) is 11.8 Å². The minimum atomic E-state index is -0.961. The van der Waals surface area contributed by atoms with E-state index in [1.54, 1.807) is 38.1 Å². The van der Waals surface area contributed by atoms with E-state index in [1.165, 1.54) is 45.9 Å². The molecule has 12 nitrogen and oxygen atoms in total. The van der Waals surface area contributed by atoms with Crippen molar-refractivity contribution in [3.8, 4) is 11.5 Å².